The number of benzene rings is 1. The Balaban J connectivity index is 1.64. The molecule has 1 aromatic heterocycles. The Hall–Kier alpha value is -1.79. The Morgan fingerprint density at radius 1 is 1.35 bits per heavy atom. The summed E-state index contributed by atoms with van der Waals surface area (Å²) in [5.41, 5.74) is 2.06. The molecule has 4 nitrogen and oxygen atoms in total. The predicted molar refractivity (Wildman–Crippen MR) is 90.3 cm³/mol. The maximum Gasteiger partial charge on any atom is 0.257 e. The van der Waals surface area contributed by atoms with Crippen molar-refractivity contribution >= 4 is 22.4 Å². The van der Waals surface area contributed by atoms with Crippen LogP contribution in [0.2, 0.25) is 0 Å². The van der Waals surface area contributed by atoms with Crippen LogP contribution in [0.3, 0.4) is 0 Å². The van der Waals surface area contributed by atoms with Crippen LogP contribution in [0.5, 0.6) is 0 Å². The van der Waals surface area contributed by atoms with Crippen LogP contribution in [0.15, 0.2) is 23.6 Å². The molecule has 1 saturated heterocycles. The van der Waals surface area contributed by atoms with Gasteiger partial charge in [0, 0.05) is 17.5 Å². The highest BCUT2D eigenvalue weighted by Crippen LogP contribution is 2.20. The number of likely N-dealkylation sites (tertiary alicyclic amines) is 1. The van der Waals surface area contributed by atoms with E-state index in [1.807, 2.05) is 5.38 Å². The minimum Gasteiger partial charge on any atom is -0.298 e. The summed E-state index contributed by atoms with van der Waals surface area (Å²) in [7, 11) is 0. The summed E-state index contributed by atoms with van der Waals surface area (Å²) in [5, 5.41) is 5.30. The molecular weight excluding hydrogens is 313 g/mol. The van der Waals surface area contributed by atoms with Crippen LogP contribution < -0.4 is 5.32 Å². The predicted octanol–water partition coefficient (Wildman–Crippen LogP) is 3.83. The minimum atomic E-state index is -0.411. The van der Waals surface area contributed by atoms with Crippen molar-refractivity contribution in [3.8, 4) is 0 Å². The number of carbonyl (C=O) groups is 1. The monoisotopic (exact) mass is 333 g/mol. The molecule has 6 heteroatoms. The van der Waals surface area contributed by atoms with Crippen LogP contribution in [-0.2, 0) is 6.54 Å². The Morgan fingerprint density at radius 3 is 2.91 bits per heavy atom. The Labute approximate surface area is 139 Å². The van der Waals surface area contributed by atoms with Crippen LogP contribution in [0, 0.1) is 12.7 Å². The molecule has 1 aliphatic rings. The fraction of sp³-hybridized carbons (Fsp3) is 0.412. The maximum atomic E-state index is 13.3. The summed E-state index contributed by atoms with van der Waals surface area (Å²) in [5.74, 6) is -0.730. The zero-order valence-electron chi connectivity index (χ0n) is 13.1. The van der Waals surface area contributed by atoms with Crippen LogP contribution in [0.4, 0.5) is 9.52 Å². The van der Waals surface area contributed by atoms with Gasteiger partial charge in [0.05, 0.1) is 5.69 Å². The van der Waals surface area contributed by atoms with E-state index in [1.165, 1.54) is 42.7 Å². The molecule has 1 fully saturated rings. The van der Waals surface area contributed by atoms with E-state index >= 15 is 0 Å². The van der Waals surface area contributed by atoms with Gasteiger partial charge in [-0.15, -0.1) is 11.3 Å². The van der Waals surface area contributed by atoms with Crippen molar-refractivity contribution in [1.29, 1.82) is 0 Å². The van der Waals surface area contributed by atoms with Crippen LogP contribution in [-0.4, -0.2) is 28.9 Å². The first-order valence-electron chi connectivity index (χ1n) is 7.86. The number of piperidine rings is 1. The molecule has 1 amide bonds. The second-order valence-electron chi connectivity index (χ2n) is 5.89. The van der Waals surface area contributed by atoms with Crippen LogP contribution in [0.1, 0.15) is 40.9 Å². The van der Waals surface area contributed by atoms with Crippen LogP contribution >= 0.6 is 11.3 Å². The Kier molecular flexibility index (Phi) is 5.03. The van der Waals surface area contributed by atoms with Gasteiger partial charge in [-0.25, -0.2) is 9.37 Å². The van der Waals surface area contributed by atoms with Crippen molar-refractivity contribution in [2.24, 2.45) is 0 Å². The highest BCUT2D eigenvalue weighted by Gasteiger charge is 2.15. The van der Waals surface area contributed by atoms with E-state index in [9.17, 15) is 9.18 Å². The van der Waals surface area contributed by atoms with E-state index in [0.717, 1.165) is 30.9 Å². The normalized spacial score (nSPS) is 15.6. The van der Waals surface area contributed by atoms with Gasteiger partial charge in [0.1, 0.15) is 5.82 Å². The summed E-state index contributed by atoms with van der Waals surface area (Å²) >= 11 is 1.41. The molecule has 0 saturated carbocycles. The topological polar surface area (TPSA) is 45.2 Å². The lowest BCUT2D eigenvalue weighted by atomic mass is 10.1. The smallest absolute Gasteiger partial charge is 0.257 e. The van der Waals surface area contributed by atoms with Crippen molar-refractivity contribution in [3.05, 3.63) is 46.2 Å². The van der Waals surface area contributed by atoms with Crippen molar-refractivity contribution in [3.63, 3.8) is 0 Å². The Morgan fingerprint density at radius 2 is 2.13 bits per heavy atom. The number of halogens is 1. The zero-order valence-corrected chi connectivity index (χ0v) is 14.0. The van der Waals surface area contributed by atoms with E-state index < -0.39 is 5.82 Å². The highest BCUT2D eigenvalue weighted by atomic mass is 32.1. The minimum absolute atomic E-state index is 0.319. The number of anilines is 1. The summed E-state index contributed by atoms with van der Waals surface area (Å²) in [6, 6.07) is 4.22. The van der Waals surface area contributed by atoms with Gasteiger partial charge in [0.25, 0.3) is 5.91 Å². The summed E-state index contributed by atoms with van der Waals surface area (Å²) < 4.78 is 13.3. The van der Waals surface area contributed by atoms with Gasteiger partial charge in [0.15, 0.2) is 5.13 Å². The first kappa shape index (κ1) is 16.1. The van der Waals surface area contributed by atoms with Gasteiger partial charge in [-0.3, -0.25) is 15.0 Å². The standard InChI is InChI=1S/C17H20FN3OS/c1-12-5-6-13(18)9-15(12)16(22)20-17-19-14(11-23-17)10-21-7-3-2-4-8-21/h5-6,9,11H,2-4,7-8,10H2,1H3,(H,19,20,22). The first-order chi connectivity index (χ1) is 11.1. The van der Waals surface area contributed by atoms with E-state index in [1.54, 1.807) is 13.0 Å². The number of nitrogens with one attached hydrogen (secondary N) is 1. The molecule has 0 spiro atoms. The third-order valence-corrected chi connectivity index (χ3v) is 4.86. The lowest BCUT2D eigenvalue weighted by Gasteiger charge is -2.25. The van der Waals surface area contributed by atoms with E-state index in [4.69, 9.17) is 0 Å². The number of thiazole rings is 1. The number of aryl methyl sites for hydroxylation is 1. The number of amides is 1. The van der Waals surface area contributed by atoms with E-state index in [0.29, 0.717) is 10.7 Å². The first-order valence-corrected chi connectivity index (χ1v) is 8.74. The molecule has 2 heterocycles. The summed E-state index contributed by atoms with van der Waals surface area (Å²) in [6.45, 7) is 4.84. The Bertz CT molecular complexity index is 695. The average molecular weight is 333 g/mol. The van der Waals surface area contributed by atoms with Gasteiger partial charge in [-0.1, -0.05) is 12.5 Å². The SMILES string of the molecule is Cc1ccc(F)cc1C(=O)Nc1nc(CN2CCCCC2)cs1. The quantitative estimate of drug-likeness (QED) is 0.925. The summed E-state index contributed by atoms with van der Waals surface area (Å²) in [4.78, 5) is 19.1. The second kappa shape index (κ2) is 7.19. The number of carbonyl (C=O) groups excluding carboxylic acids is 1. The maximum absolute atomic E-state index is 13.3. The van der Waals surface area contributed by atoms with Crippen LogP contribution in [0.25, 0.3) is 0 Å². The molecular formula is C17H20FN3OS. The van der Waals surface area contributed by atoms with E-state index in [2.05, 4.69) is 15.2 Å². The molecule has 3 rings (SSSR count). The fourth-order valence-corrected chi connectivity index (χ4v) is 3.48. The van der Waals surface area contributed by atoms with Gasteiger partial charge < -0.3 is 0 Å². The number of aromatic nitrogens is 1. The third-order valence-electron chi connectivity index (χ3n) is 4.05. The van der Waals surface area contributed by atoms with Gasteiger partial charge >= 0.3 is 0 Å². The molecule has 0 atom stereocenters. The van der Waals surface area contributed by atoms with Gasteiger partial charge in [0.2, 0.25) is 0 Å². The number of nitrogens with zero attached hydrogens (tertiary/aromatic N) is 2. The lowest BCUT2D eigenvalue weighted by Crippen LogP contribution is -2.29. The van der Waals surface area contributed by atoms with Crippen molar-refractivity contribution in [1.82, 2.24) is 9.88 Å². The summed E-state index contributed by atoms with van der Waals surface area (Å²) in [6.07, 6.45) is 3.79. The van der Waals surface area contributed by atoms with Crippen molar-refractivity contribution in [2.75, 3.05) is 18.4 Å². The zero-order chi connectivity index (χ0) is 16.2. The van der Waals surface area contributed by atoms with E-state index in [-0.39, 0.29) is 5.91 Å². The molecule has 0 aliphatic carbocycles. The largest absolute Gasteiger partial charge is 0.298 e. The molecule has 2 aromatic rings. The fourth-order valence-electron chi connectivity index (χ4n) is 2.79. The molecule has 1 aliphatic heterocycles. The molecule has 0 radical (unpaired) electrons. The molecule has 1 N–H and O–H groups in total. The molecule has 0 unspecified atom stereocenters. The second-order valence-corrected chi connectivity index (χ2v) is 6.75. The number of rotatable bonds is 4. The van der Waals surface area contributed by atoms with Crippen molar-refractivity contribution in [2.45, 2.75) is 32.7 Å². The lowest BCUT2D eigenvalue weighted by molar-refractivity contribution is 0.102. The molecule has 23 heavy (non-hydrogen) atoms. The highest BCUT2D eigenvalue weighted by molar-refractivity contribution is 7.13. The van der Waals surface area contributed by atoms with Gasteiger partial charge in [-0.05, 0) is 50.6 Å². The van der Waals surface area contributed by atoms with Crippen molar-refractivity contribution < 1.29 is 9.18 Å². The molecule has 1 aromatic carbocycles. The molecule has 0 bridgehead atoms. The van der Waals surface area contributed by atoms with Gasteiger partial charge in [-0.2, -0.15) is 0 Å². The average Bonchev–Trinajstić information content (AvgIpc) is 2.97. The third kappa shape index (κ3) is 4.14. The molecule has 122 valence electrons. The number of hydrogen-bond donors (Lipinski definition) is 1. The number of hydrogen-bond acceptors (Lipinski definition) is 4.